The maximum atomic E-state index is 12.8. The first-order chi connectivity index (χ1) is 10.1. The molecule has 0 radical (unpaired) electrons. The summed E-state index contributed by atoms with van der Waals surface area (Å²) in [5.74, 6) is -0.369. The molecule has 0 atom stereocenters. The number of carbonyl (C=O) groups is 2. The van der Waals surface area contributed by atoms with Crippen LogP contribution in [0.3, 0.4) is 0 Å². The van der Waals surface area contributed by atoms with Crippen LogP contribution in [-0.4, -0.2) is 18.1 Å². The molecule has 3 nitrogen and oxygen atoms in total. The van der Waals surface area contributed by atoms with Gasteiger partial charge in [-0.2, -0.15) is 0 Å². The maximum Gasteiger partial charge on any atom is 0.164 e. The fourth-order valence-electron chi connectivity index (χ4n) is 1.92. The number of halogens is 1. The molecule has 21 heavy (non-hydrogen) atoms. The van der Waals surface area contributed by atoms with Crippen LogP contribution in [-0.2, 0) is 0 Å². The van der Waals surface area contributed by atoms with E-state index in [4.69, 9.17) is 0 Å². The third-order valence-corrected chi connectivity index (χ3v) is 3.14. The second-order valence-corrected chi connectivity index (χ2v) is 4.74. The number of hydrogen-bond acceptors (Lipinski definition) is 3. The Hall–Kier alpha value is -2.49. The Morgan fingerprint density at radius 3 is 2.10 bits per heavy atom. The van der Waals surface area contributed by atoms with Gasteiger partial charge in [0.15, 0.2) is 11.6 Å². The van der Waals surface area contributed by atoms with Gasteiger partial charge in [0.25, 0.3) is 0 Å². The monoisotopic (exact) mass is 285 g/mol. The average Bonchev–Trinajstić information content (AvgIpc) is 2.48. The van der Waals surface area contributed by atoms with E-state index in [0.717, 1.165) is 5.69 Å². The molecule has 0 fully saturated rings. The molecule has 0 aliphatic rings. The first kappa shape index (κ1) is 14.9. The van der Waals surface area contributed by atoms with Crippen molar-refractivity contribution in [2.24, 2.45) is 0 Å². The van der Waals surface area contributed by atoms with Crippen molar-refractivity contribution in [3.63, 3.8) is 0 Å². The molecular weight excluding hydrogens is 269 g/mol. The fourth-order valence-corrected chi connectivity index (χ4v) is 1.92. The van der Waals surface area contributed by atoms with Gasteiger partial charge in [0.05, 0.1) is 0 Å². The zero-order chi connectivity index (χ0) is 15.2. The quantitative estimate of drug-likeness (QED) is 0.823. The standard InChI is InChI=1S/C17H16FNO2/c1-12(20)13-4-8-16(9-5-13)19-11-10-17(21)14-2-6-15(18)7-3-14/h2-9,19H,10-11H2,1H3. The van der Waals surface area contributed by atoms with Gasteiger partial charge in [0.2, 0.25) is 0 Å². The highest BCUT2D eigenvalue weighted by atomic mass is 19.1. The molecule has 0 bridgehead atoms. The van der Waals surface area contributed by atoms with Gasteiger partial charge in [-0.1, -0.05) is 0 Å². The highest BCUT2D eigenvalue weighted by Gasteiger charge is 2.05. The SMILES string of the molecule is CC(=O)c1ccc(NCCC(=O)c2ccc(F)cc2)cc1. The topological polar surface area (TPSA) is 46.2 Å². The predicted octanol–water partition coefficient (Wildman–Crippen LogP) is 3.71. The molecule has 0 unspecified atom stereocenters. The molecule has 108 valence electrons. The maximum absolute atomic E-state index is 12.8. The molecule has 4 heteroatoms. The molecule has 0 aliphatic heterocycles. The summed E-state index contributed by atoms with van der Waals surface area (Å²) in [6.07, 6.45) is 0.320. The van der Waals surface area contributed by atoms with Gasteiger partial charge in [-0.25, -0.2) is 4.39 Å². The number of carbonyl (C=O) groups excluding carboxylic acids is 2. The number of hydrogen-bond donors (Lipinski definition) is 1. The van der Waals surface area contributed by atoms with Crippen LogP contribution >= 0.6 is 0 Å². The molecule has 0 heterocycles. The van der Waals surface area contributed by atoms with Crippen molar-refractivity contribution in [1.29, 1.82) is 0 Å². The van der Waals surface area contributed by atoms with Gasteiger partial charge in [-0.15, -0.1) is 0 Å². The Balaban J connectivity index is 1.85. The Kier molecular flexibility index (Phi) is 4.82. The van der Waals surface area contributed by atoms with Crippen LogP contribution in [0.5, 0.6) is 0 Å². The molecule has 1 N–H and O–H groups in total. The second kappa shape index (κ2) is 6.79. The van der Waals surface area contributed by atoms with Crippen LogP contribution in [0, 0.1) is 5.82 Å². The van der Waals surface area contributed by atoms with Crippen LogP contribution in [0.4, 0.5) is 10.1 Å². The van der Waals surface area contributed by atoms with E-state index >= 15 is 0 Å². The molecule has 0 spiro atoms. The van der Waals surface area contributed by atoms with E-state index in [9.17, 15) is 14.0 Å². The van der Waals surface area contributed by atoms with Crippen molar-refractivity contribution in [3.05, 3.63) is 65.5 Å². The highest BCUT2D eigenvalue weighted by molar-refractivity contribution is 5.96. The molecule has 2 aromatic rings. The fraction of sp³-hybridized carbons (Fsp3) is 0.176. The lowest BCUT2D eigenvalue weighted by atomic mass is 10.1. The normalized spacial score (nSPS) is 10.2. The summed E-state index contributed by atoms with van der Waals surface area (Å²) in [5, 5.41) is 3.12. The minimum absolute atomic E-state index is 0.0213. The smallest absolute Gasteiger partial charge is 0.164 e. The molecule has 2 rings (SSSR count). The summed E-state index contributed by atoms with van der Waals surface area (Å²) in [6.45, 7) is 2.00. The molecular formula is C17H16FNO2. The number of anilines is 1. The molecule has 0 amide bonds. The first-order valence-corrected chi connectivity index (χ1v) is 6.70. The first-order valence-electron chi connectivity index (χ1n) is 6.70. The van der Waals surface area contributed by atoms with E-state index in [1.165, 1.54) is 31.2 Å². The van der Waals surface area contributed by atoms with Gasteiger partial charge >= 0.3 is 0 Å². The highest BCUT2D eigenvalue weighted by Crippen LogP contribution is 2.11. The molecule has 0 aliphatic carbocycles. The van der Waals surface area contributed by atoms with Crippen LogP contribution in [0.25, 0.3) is 0 Å². The number of benzene rings is 2. The predicted molar refractivity (Wildman–Crippen MR) is 80.3 cm³/mol. The Bertz CT molecular complexity index is 633. The lowest BCUT2D eigenvalue weighted by molar-refractivity contribution is 0.0984. The van der Waals surface area contributed by atoms with Gasteiger partial charge in [-0.3, -0.25) is 9.59 Å². The second-order valence-electron chi connectivity index (χ2n) is 4.74. The summed E-state index contributed by atoms with van der Waals surface area (Å²) in [4.78, 5) is 23.0. The summed E-state index contributed by atoms with van der Waals surface area (Å²) in [6, 6.07) is 12.6. The summed E-state index contributed by atoms with van der Waals surface area (Å²) in [7, 11) is 0. The van der Waals surface area contributed by atoms with Crippen molar-refractivity contribution in [1.82, 2.24) is 0 Å². The third-order valence-electron chi connectivity index (χ3n) is 3.14. The van der Waals surface area contributed by atoms with Crippen molar-refractivity contribution in [2.75, 3.05) is 11.9 Å². The number of Topliss-reactive ketones (excluding diaryl/α,β-unsaturated/α-hetero) is 2. The van der Waals surface area contributed by atoms with E-state index in [0.29, 0.717) is 24.1 Å². The zero-order valence-corrected chi connectivity index (χ0v) is 11.7. The third kappa shape index (κ3) is 4.24. The van der Waals surface area contributed by atoms with E-state index < -0.39 is 0 Å². The number of rotatable bonds is 6. The van der Waals surface area contributed by atoms with Gasteiger partial charge in [0, 0.05) is 29.8 Å². The van der Waals surface area contributed by atoms with Crippen molar-refractivity contribution in [2.45, 2.75) is 13.3 Å². The van der Waals surface area contributed by atoms with Crippen LogP contribution in [0.1, 0.15) is 34.1 Å². The summed E-state index contributed by atoms with van der Waals surface area (Å²) >= 11 is 0. The van der Waals surface area contributed by atoms with E-state index in [2.05, 4.69) is 5.32 Å². The molecule has 0 saturated heterocycles. The van der Waals surface area contributed by atoms with Gasteiger partial charge in [-0.05, 0) is 55.5 Å². The summed E-state index contributed by atoms with van der Waals surface area (Å²) < 4.78 is 12.8. The molecule has 0 saturated carbocycles. The van der Waals surface area contributed by atoms with Crippen LogP contribution in [0.15, 0.2) is 48.5 Å². The Morgan fingerprint density at radius 1 is 0.952 bits per heavy atom. The Morgan fingerprint density at radius 2 is 1.52 bits per heavy atom. The number of ketones is 2. The van der Waals surface area contributed by atoms with Gasteiger partial charge in [0.1, 0.15) is 5.82 Å². The Labute approximate surface area is 122 Å². The van der Waals surface area contributed by atoms with Crippen LogP contribution < -0.4 is 5.32 Å². The molecule has 2 aromatic carbocycles. The lowest BCUT2D eigenvalue weighted by Gasteiger charge is -2.06. The van der Waals surface area contributed by atoms with E-state index in [1.54, 1.807) is 24.3 Å². The lowest BCUT2D eigenvalue weighted by Crippen LogP contribution is -2.09. The van der Waals surface area contributed by atoms with Crippen molar-refractivity contribution in [3.8, 4) is 0 Å². The summed E-state index contributed by atoms with van der Waals surface area (Å²) in [5.41, 5.74) is 2.01. The average molecular weight is 285 g/mol. The van der Waals surface area contributed by atoms with Crippen molar-refractivity contribution < 1.29 is 14.0 Å². The van der Waals surface area contributed by atoms with E-state index in [1.807, 2.05) is 0 Å². The minimum atomic E-state index is -0.352. The number of nitrogens with one attached hydrogen (secondary N) is 1. The molecule has 0 aromatic heterocycles. The van der Waals surface area contributed by atoms with Crippen LogP contribution in [0.2, 0.25) is 0 Å². The minimum Gasteiger partial charge on any atom is -0.385 e. The van der Waals surface area contributed by atoms with Crippen molar-refractivity contribution >= 4 is 17.3 Å². The van der Waals surface area contributed by atoms with E-state index in [-0.39, 0.29) is 17.4 Å². The largest absolute Gasteiger partial charge is 0.385 e. The zero-order valence-electron chi connectivity index (χ0n) is 11.7. The van der Waals surface area contributed by atoms with Gasteiger partial charge < -0.3 is 5.32 Å².